The second-order valence-electron chi connectivity index (χ2n) is 3.60. The van der Waals surface area contributed by atoms with E-state index in [0.29, 0.717) is 6.42 Å². The predicted molar refractivity (Wildman–Crippen MR) is 63.9 cm³/mol. The summed E-state index contributed by atoms with van der Waals surface area (Å²) in [5.41, 5.74) is 1.80. The number of hydrogen-bond donors (Lipinski definition) is 1. The van der Waals surface area contributed by atoms with Crippen molar-refractivity contribution in [2.24, 2.45) is 0 Å². The van der Waals surface area contributed by atoms with Gasteiger partial charge in [0.15, 0.2) is 0 Å². The van der Waals surface area contributed by atoms with Gasteiger partial charge in [0, 0.05) is 5.56 Å². The molecule has 0 saturated heterocycles. The van der Waals surface area contributed by atoms with E-state index in [1.54, 1.807) is 12.3 Å². The van der Waals surface area contributed by atoms with E-state index in [4.69, 9.17) is 4.42 Å². The average molecular weight is 214 g/mol. The number of aliphatic hydroxyl groups is 1. The fourth-order valence-corrected chi connectivity index (χ4v) is 1.73. The molecule has 1 aromatic carbocycles. The first-order chi connectivity index (χ1) is 7.83. The Hall–Kier alpha value is -1.80. The van der Waals surface area contributed by atoms with Crippen molar-refractivity contribution in [1.29, 1.82) is 0 Å². The van der Waals surface area contributed by atoms with Crippen LogP contribution in [0.15, 0.2) is 59.7 Å². The lowest BCUT2D eigenvalue weighted by Crippen LogP contribution is -1.97. The van der Waals surface area contributed by atoms with Gasteiger partial charge in [0.1, 0.15) is 5.76 Å². The van der Waals surface area contributed by atoms with Gasteiger partial charge in [0.2, 0.25) is 0 Å². The summed E-state index contributed by atoms with van der Waals surface area (Å²) in [7, 11) is 0. The molecule has 0 bridgehead atoms. The maximum absolute atomic E-state index is 9.99. The average Bonchev–Trinajstić information content (AvgIpc) is 2.83. The second-order valence-corrected chi connectivity index (χ2v) is 3.60. The van der Waals surface area contributed by atoms with Crippen LogP contribution in [0.5, 0.6) is 0 Å². The summed E-state index contributed by atoms with van der Waals surface area (Å²) in [6, 6.07) is 11.4. The zero-order chi connectivity index (χ0) is 11.4. The lowest BCUT2D eigenvalue weighted by Gasteiger charge is -2.12. The Morgan fingerprint density at radius 3 is 2.75 bits per heavy atom. The SMILES string of the molecule is C=CCC(O)c1ccccc1-c1ccco1. The van der Waals surface area contributed by atoms with Crippen LogP contribution in [0.3, 0.4) is 0 Å². The summed E-state index contributed by atoms with van der Waals surface area (Å²) in [4.78, 5) is 0. The molecule has 1 heterocycles. The van der Waals surface area contributed by atoms with Crippen molar-refractivity contribution in [3.05, 3.63) is 60.9 Å². The normalized spacial score (nSPS) is 12.3. The zero-order valence-electron chi connectivity index (χ0n) is 8.97. The number of rotatable bonds is 4. The third-order valence-corrected chi connectivity index (χ3v) is 2.50. The van der Waals surface area contributed by atoms with Gasteiger partial charge in [-0.2, -0.15) is 0 Å². The van der Waals surface area contributed by atoms with Crippen molar-refractivity contribution >= 4 is 0 Å². The molecule has 0 spiro atoms. The van der Waals surface area contributed by atoms with Crippen LogP contribution in [-0.4, -0.2) is 5.11 Å². The second kappa shape index (κ2) is 4.81. The molecule has 0 radical (unpaired) electrons. The predicted octanol–water partition coefficient (Wildman–Crippen LogP) is 3.56. The van der Waals surface area contributed by atoms with E-state index in [-0.39, 0.29) is 0 Å². The van der Waals surface area contributed by atoms with Gasteiger partial charge in [-0.1, -0.05) is 30.3 Å². The first kappa shape index (κ1) is 10.7. The summed E-state index contributed by atoms with van der Waals surface area (Å²) >= 11 is 0. The highest BCUT2D eigenvalue weighted by Crippen LogP contribution is 2.29. The lowest BCUT2D eigenvalue weighted by atomic mass is 9.99. The van der Waals surface area contributed by atoms with Gasteiger partial charge in [0.25, 0.3) is 0 Å². The van der Waals surface area contributed by atoms with E-state index < -0.39 is 6.10 Å². The molecule has 2 nitrogen and oxygen atoms in total. The third-order valence-electron chi connectivity index (χ3n) is 2.50. The Balaban J connectivity index is 2.42. The number of aliphatic hydroxyl groups excluding tert-OH is 1. The van der Waals surface area contributed by atoms with E-state index in [9.17, 15) is 5.11 Å². The molecule has 0 fully saturated rings. The minimum absolute atomic E-state index is 0.529. The van der Waals surface area contributed by atoms with Crippen molar-refractivity contribution in [3.63, 3.8) is 0 Å². The quantitative estimate of drug-likeness (QED) is 0.789. The Morgan fingerprint density at radius 2 is 2.06 bits per heavy atom. The van der Waals surface area contributed by atoms with Crippen LogP contribution >= 0.6 is 0 Å². The number of hydrogen-bond acceptors (Lipinski definition) is 2. The molecule has 2 heteroatoms. The monoisotopic (exact) mass is 214 g/mol. The third kappa shape index (κ3) is 2.07. The first-order valence-electron chi connectivity index (χ1n) is 5.24. The standard InChI is InChI=1S/C14H14O2/c1-2-6-13(15)11-7-3-4-8-12(11)14-9-5-10-16-14/h2-5,7-10,13,15H,1,6H2. The van der Waals surface area contributed by atoms with Crippen LogP contribution < -0.4 is 0 Å². The molecule has 0 aliphatic heterocycles. The number of furan rings is 1. The van der Waals surface area contributed by atoms with Gasteiger partial charge in [0.05, 0.1) is 12.4 Å². The Kier molecular flexibility index (Phi) is 3.22. The summed E-state index contributed by atoms with van der Waals surface area (Å²) in [6.07, 6.45) is 3.35. The molecule has 1 atom stereocenters. The van der Waals surface area contributed by atoms with E-state index in [2.05, 4.69) is 6.58 Å². The topological polar surface area (TPSA) is 33.4 Å². The van der Waals surface area contributed by atoms with Gasteiger partial charge in [-0.15, -0.1) is 6.58 Å². The summed E-state index contributed by atoms with van der Waals surface area (Å²) in [5.74, 6) is 0.777. The first-order valence-corrected chi connectivity index (χ1v) is 5.24. The molecule has 0 aliphatic carbocycles. The Labute approximate surface area is 94.8 Å². The van der Waals surface area contributed by atoms with Crippen molar-refractivity contribution in [3.8, 4) is 11.3 Å². The van der Waals surface area contributed by atoms with Gasteiger partial charge < -0.3 is 9.52 Å². The van der Waals surface area contributed by atoms with Crippen molar-refractivity contribution < 1.29 is 9.52 Å². The fraction of sp³-hybridized carbons (Fsp3) is 0.143. The summed E-state index contributed by atoms with van der Waals surface area (Å²) in [6.45, 7) is 3.64. The maximum Gasteiger partial charge on any atom is 0.134 e. The van der Waals surface area contributed by atoms with Crippen LogP contribution in [0.4, 0.5) is 0 Å². The minimum atomic E-state index is -0.529. The molecule has 2 rings (SSSR count). The Morgan fingerprint density at radius 1 is 1.25 bits per heavy atom. The smallest absolute Gasteiger partial charge is 0.134 e. The fourth-order valence-electron chi connectivity index (χ4n) is 1.73. The highest BCUT2D eigenvalue weighted by atomic mass is 16.3. The van der Waals surface area contributed by atoms with E-state index >= 15 is 0 Å². The minimum Gasteiger partial charge on any atom is -0.464 e. The molecular formula is C14H14O2. The van der Waals surface area contributed by atoms with Crippen molar-refractivity contribution in [2.75, 3.05) is 0 Å². The van der Waals surface area contributed by atoms with Crippen LogP contribution in [0.25, 0.3) is 11.3 Å². The summed E-state index contributed by atoms with van der Waals surface area (Å²) in [5, 5.41) is 9.99. The molecule has 1 N–H and O–H groups in total. The lowest BCUT2D eigenvalue weighted by molar-refractivity contribution is 0.182. The van der Waals surface area contributed by atoms with E-state index in [0.717, 1.165) is 16.9 Å². The van der Waals surface area contributed by atoms with Crippen LogP contribution in [-0.2, 0) is 0 Å². The molecule has 0 saturated carbocycles. The molecule has 16 heavy (non-hydrogen) atoms. The summed E-state index contributed by atoms with van der Waals surface area (Å²) < 4.78 is 5.35. The van der Waals surface area contributed by atoms with E-state index in [1.807, 2.05) is 36.4 Å². The Bertz CT molecular complexity index is 457. The van der Waals surface area contributed by atoms with Gasteiger partial charge in [-0.25, -0.2) is 0 Å². The van der Waals surface area contributed by atoms with Crippen LogP contribution in [0.2, 0.25) is 0 Å². The van der Waals surface area contributed by atoms with Crippen molar-refractivity contribution in [1.82, 2.24) is 0 Å². The molecule has 1 aromatic heterocycles. The highest BCUT2D eigenvalue weighted by molar-refractivity contribution is 5.62. The largest absolute Gasteiger partial charge is 0.464 e. The maximum atomic E-state index is 9.99. The van der Waals surface area contributed by atoms with Gasteiger partial charge in [-0.05, 0) is 24.1 Å². The molecule has 0 aliphatic rings. The number of benzene rings is 1. The van der Waals surface area contributed by atoms with Gasteiger partial charge >= 0.3 is 0 Å². The highest BCUT2D eigenvalue weighted by Gasteiger charge is 2.13. The van der Waals surface area contributed by atoms with Crippen LogP contribution in [0.1, 0.15) is 18.1 Å². The van der Waals surface area contributed by atoms with Crippen molar-refractivity contribution in [2.45, 2.75) is 12.5 Å². The molecular weight excluding hydrogens is 200 g/mol. The molecule has 0 amide bonds. The van der Waals surface area contributed by atoms with Crippen LogP contribution in [0, 0.1) is 0 Å². The molecule has 82 valence electrons. The van der Waals surface area contributed by atoms with E-state index in [1.165, 1.54) is 0 Å². The molecule has 2 aromatic rings. The molecule has 1 unspecified atom stereocenters. The zero-order valence-corrected chi connectivity index (χ0v) is 8.97. The van der Waals surface area contributed by atoms with Gasteiger partial charge in [-0.3, -0.25) is 0 Å².